The number of thiazole rings is 1. The molecular weight excluding hydrogens is 344 g/mol. The fourth-order valence-electron chi connectivity index (χ4n) is 2.86. The largest absolute Gasteiger partial charge is 0.322 e. The van der Waals surface area contributed by atoms with Crippen LogP contribution in [0.4, 0.5) is 5.69 Å². The molecule has 3 aromatic carbocycles. The number of fused-ring (bicyclic) bond motifs is 1. The van der Waals surface area contributed by atoms with Crippen molar-refractivity contribution >= 4 is 33.1 Å². The number of rotatable bonds is 3. The molecule has 1 N–H and O–H groups in total. The highest BCUT2D eigenvalue weighted by Gasteiger charge is 2.09. The zero-order valence-electron chi connectivity index (χ0n) is 14.1. The molecule has 0 saturated carbocycles. The number of amides is 1. The Bertz CT molecular complexity index is 1140. The van der Waals surface area contributed by atoms with Gasteiger partial charge in [0.25, 0.3) is 5.91 Å². The van der Waals surface area contributed by atoms with Crippen molar-refractivity contribution in [1.82, 2.24) is 4.57 Å². The van der Waals surface area contributed by atoms with E-state index in [1.165, 1.54) is 11.3 Å². The lowest BCUT2D eigenvalue weighted by atomic mass is 10.0. The molecule has 4 nitrogen and oxygen atoms in total. The van der Waals surface area contributed by atoms with Crippen molar-refractivity contribution in [3.05, 3.63) is 88.0 Å². The highest BCUT2D eigenvalue weighted by Crippen LogP contribution is 2.23. The zero-order valence-corrected chi connectivity index (χ0v) is 14.9. The molecule has 0 spiro atoms. The van der Waals surface area contributed by atoms with Gasteiger partial charge in [-0.1, -0.05) is 53.8 Å². The Morgan fingerprint density at radius 3 is 2.35 bits per heavy atom. The standard InChI is InChI=1S/C21H16N2O2S/c1-23-18-12-11-17(13-19(18)26-21(23)25)22-20(24)16-9-7-15(8-10-16)14-5-3-2-4-6-14/h2-13H,1H3,(H,22,24). The molecule has 0 aliphatic rings. The molecule has 5 heteroatoms. The van der Waals surface area contributed by atoms with Crippen LogP contribution in [-0.2, 0) is 7.05 Å². The van der Waals surface area contributed by atoms with Gasteiger partial charge in [0.05, 0.1) is 10.2 Å². The van der Waals surface area contributed by atoms with E-state index in [1.807, 2.05) is 72.8 Å². The predicted octanol–water partition coefficient (Wildman–Crippen LogP) is 4.52. The number of carbonyl (C=O) groups is 1. The second-order valence-corrected chi connectivity index (χ2v) is 7.00. The van der Waals surface area contributed by atoms with Crippen LogP contribution >= 0.6 is 11.3 Å². The van der Waals surface area contributed by atoms with Gasteiger partial charge in [0, 0.05) is 18.3 Å². The minimum Gasteiger partial charge on any atom is -0.322 e. The summed E-state index contributed by atoms with van der Waals surface area (Å²) in [5.41, 5.74) is 4.31. The smallest absolute Gasteiger partial charge is 0.307 e. The summed E-state index contributed by atoms with van der Waals surface area (Å²) in [6, 6.07) is 23.0. The van der Waals surface area contributed by atoms with E-state index in [9.17, 15) is 9.59 Å². The number of hydrogen-bond acceptors (Lipinski definition) is 3. The molecule has 0 atom stereocenters. The van der Waals surface area contributed by atoms with Crippen molar-refractivity contribution in [2.24, 2.45) is 7.05 Å². The van der Waals surface area contributed by atoms with Crippen LogP contribution in [0.25, 0.3) is 21.3 Å². The van der Waals surface area contributed by atoms with Gasteiger partial charge in [-0.05, 0) is 41.5 Å². The molecule has 0 aliphatic heterocycles. The minimum absolute atomic E-state index is 0.0139. The van der Waals surface area contributed by atoms with Crippen LogP contribution in [0.2, 0.25) is 0 Å². The molecule has 0 saturated heterocycles. The summed E-state index contributed by atoms with van der Waals surface area (Å²) in [4.78, 5) is 24.2. The van der Waals surface area contributed by atoms with Crippen LogP contribution in [0, 0.1) is 0 Å². The number of aromatic nitrogens is 1. The molecule has 4 rings (SSSR count). The Morgan fingerprint density at radius 2 is 1.62 bits per heavy atom. The Balaban J connectivity index is 1.55. The number of benzene rings is 3. The normalized spacial score (nSPS) is 10.8. The number of nitrogens with zero attached hydrogens (tertiary/aromatic N) is 1. The van der Waals surface area contributed by atoms with Gasteiger partial charge >= 0.3 is 4.87 Å². The second kappa shape index (κ2) is 6.61. The maximum atomic E-state index is 12.5. The Labute approximate surface area is 154 Å². The molecule has 1 heterocycles. The average molecular weight is 360 g/mol. The first-order chi connectivity index (χ1) is 12.6. The van der Waals surface area contributed by atoms with Crippen molar-refractivity contribution in [2.75, 3.05) is 5.32 Å². The van der Waals surface area contributed by atoms with Crippen molar-refractivity contribution in [3.8, 4) is 11.1 Å². The molecular formula is C21H16N2O2S. The second-order valence-electron chi connectivity index (χ2n) is 6.01. The lowest BCUT2D eigenvalue weighted by molar-refractivity contribution is 0.102. The predicted molar refractivity (Wildman–Crippen MR) is 107 cm³/mol. The quantitative estimate of drug-likeness (QED) is 0.584. The van der Waals surface area contributed by atoms with Crippen molar-refractivity contribution in [1.29, 1.82) is 0 Å². The number of nitrogens with one attached hydrogen (secondary N) is 1. The van der Waals surface area contributed by atoms with Crippen LogP contribution in [-0.4, -0.2) is 10.5 Å². The zero-order chi connectivity index (χ0) is 18.1. The van der Waals surface area contributed by atoms with Crippen molar-refractivity contribution in [3.63, 3.8) is 0 Å². The van der Waals surface area contributed by atoms with Gasteiger partial charge in [0.15, 0.2) is 0 Å². The summed E-state index contributed by atoms with van der Waals surface area (Å²) in [6.07, 6.45) is 0. The summed E-state index contributed by atoms with van der Waals surface area (Å²) < 4.78 is 2.46. The van der Waals surface area contributed by atoms with Crippen LogP contribution in [0.15, 0.2) is 77.6 Å². The summed E-state index contributed by atoms with van der Waals surface area (Å²) in [5, 5.41) is 2.89. The summed E-state index contributed by atoms with van der Waals surface area (Å²) in [6.45, 7) is 0. The average Bonchev–Trinajstić information content (AvgIpc) is 2.96. The summed E-state index contributed by atoms with van der Waals surface area (Å²) in [5.74, 6) is -0.174. The maximum Gasteiger partial charge on any atom is 0.307 e. The highest BCUT2D eigenvalue weighted by atomic mass is 32.1. The molecule has 26 heavy (non-hydrogen) atoms. The fourth-order valence-corrected chi connectivity index (χ4v) is 3.78. The maximum absolute atomic E-state index is 12.5. The van der Waals surface area contributed by atoms with E-state index < -0.39 is 0 Å². The van der Waals surface area contributed by atoms with Gasteiger partial charge in [-0.3, -0.25) is 9.59 Å². The minimum atomic E-state index is -0.174. The summed E-state index contributed by atoms with van der Waals surface area (Å²) in [7, 11) is 1.74. The molecule has 0 unspecified atom stereocenters. The van der Waals surface area contributed by atoms with E-state index in [0.29, 0.717) is 11.3 Å². The topological polar surface area (TPSA) is 51.1 Å². The van der Waals surface area contributed by atoms with Gasteiger partial charge in [-0.25, -0.2) is 0 Å². The van der Waals surface area contributed by atoms with Crippen LogP contribution < -0.4 is 10.2 Å². The molecule has 0 radical (unpaired) electrons. The molecule has 128 valence electrons. The van der Waals surface area contributed by atoms with Crippen molar-refractivity contribution in [2.45, 2.75) is 0 Å². The first kappa shape index (κ1) is 16.3. The lowest BCUT2D eigenvalue weighted by Crippen LogP contribution is -2.11. The van der Waals surface area contributed by atoms with Crippen LogP contribution in [0.5, 0.6) is 0 Å². The highest BCUT2D eigenvalue weighted by molar-refractivity contribution is 7.16. The number of aryl methyl sites for hydroxylation is 1. The first-order valence-corrected chi connectivity index (χ1v) is 9.00. The van der Waals surface area contributed by atoms with Gasteiger partial charge in [0.1, 0.15) is 0 Å². The van der Waals surface area contributed by atoms with E-state index in [2.05, 4.69) is 5.32 Å². The van der Waals surface area contributed by atoms with Gasteiger partial charge in [0.2, 0.25) is 0 Å². The third kappa shape index (κ3) is 3.05. The first-order valence-electron chi connectivity index (χ1n) is 8.18. The lowest BCUT2D eigenvalue weighted by Gasteiger charge is -2.07. The van der Waals surface area contributed by atoms with Gasteiger partial charge < -0.3 is 9.88 Å². The van der Waals surface area contributed by atoms with Crippen LogP contribution in [0.1, 0.15) is 10.4 Å². The van der Waals surface area contributed by atoms with E-state index in [1.54, 1.807) is 11.6 Å². The van der Waals surface area contributed by atoms with Crippen molar-refractivity contribution < 1.29 is 4.79 Å². The summed E-state index contributed by atoms with van der Waals surface area (Å²) >= 11 is 1.17. The van der Waals surface area contributed by atoms with E-state index >= 15 is 0 Å². The van der Waals surface area contributed by atoms with Gasteiger partial charge in [-0.15, -0.1) is 0 Å². The third-order valence-electron chi connectivity index (χ3n) is 4.30. The molecule has 0 bridgehead atoms. The molecule has 1 aromatic heterocycles. The van der Waals surface area contributed by atoms with Gasteiger partial charge in [-0.2, -0.15) is 0 Å². The Hall–Kier alpha value is -3.18. The number of anilines is 1. The third-order valence-corrected chi connectivity index (χ3v) is 5.30. The Kier molecular flexibility index (Phi) is 4.14. The fraction of sp³-hybridized carbons (Fsp3) is 0.0476. The number of hydrogen-bond donors (Lipinski definition) is 1. The molecule has 1 amide bonds. The monoisotopic (exact) mass is 360 g/mol. The molecule has 0 fully saturated rings. The molecule has 0 aliphatic carbocycles. The van der Waals surface area contributed by atoms with E-state index in [4.69, 9.17) is 0 Å². The van der Waals surface area contributed by atoms with E-state index in [0.717, 1.165) is 21.3 Å². The Morgan fingerprint density at radius 1 is 0.923 bits per heavy atom. The van der Waals surface area contributed by atoms with E-state index in [-0.39, 0.29) is 10.8 Å². The molecule has 4 aromatic rings. The number of carbonyl (C=O) groups excluding carboxylic acids is 1. The van der Waals surface area contributed by atoms with Crippen LogP contribution in [0.3, 0.4) is 0 Å². The SMILES string of the molecule is Cn1c(=O)sc2cc(NC(=O)c3ccc(-c4ccccc4)cc3)ccc21.